The van der Waals surface area contributed by atoms with Gasteiger partial charge in [0.2, 0.25) is 5.91 Å². The van der Waals surface area contributed by atoms with Crippen molar-refractivity contribution in [2.75, 3.05) is 18.2 Å². The van der Waals surface area contributed by atoms with Crippen LogP contribution in [0.5, 0.6) is 5.75 Å². The molecule has 0 aliphatic carbocycles. The second-order valence-electron chi connectivity index (χ2n) is 7.64. The normalized spacial score (nSPS) is 11.1. The molecule has 0 unspecified atom stereocenters. The lowest BCUT2D eigenvalue weighted by Crippen LogP contribution is -2.14. The minimum atomic E-state index is -0.183. The predicted molar refractivity (Wildman–Crippen MR) is 136 cm³/mol. The lowest BCUT2D eigenvalue weighted by molar-refractivity contribution is -0.113. The third kappa shape index (κ3) is 4.30. The molecule has 3 aromatic carbocycles. The standard InChI is InChI=1S/C25H20ClN5O2S/c1-15-7-9-16(10-8-15)23-29-30-24-25(28-19-5-3-4-6-20(19)31(23)24)34-14-22(32)27-17-11-12-21(33-2)18(26)13-17/h3-13H,14H2,1-2H3,(H,27,32). The fraction of sp³-hybridized carbons (Fsp3) is 0.120. The first-order chi connectivity index (χ1) is 16.5. The molecule has 5 aromatic rings. The molecule has 0 radical (unpaired) electrons. The van der Waals surface area contributed by atoms with Gasteiger partial charge in [0.15, 0.2) is 11.5 Å². The van der Waals surface area contributed by atoms with E-state index in [2.05, 4.69) is 15.5 Å². The second-order valence-corrected chi connectivity index (χ2v) is 9.01. The fourth-order valence-electron chi connectivity index (χ4n) is 3.62. The Bertz CT molecular complexity index is 1520. The van der Waals surface area contributed by atoms with E-state index in [1.807, 2.05) is 59.9 Å². The van der Waals surface area contributed by atoms with Gasteiger partial charge in [-0.1, -0.05) is 65.3 Å². The van der Waals surface area contributed by atoms with E-state index in [0.29, 0.717) is 27.1 Å². The molecule has 0 saturated heterocycles. The molecule has 0 aliphatic heterocycles. The zero-order chi connectivity index (χ0) is 23.7. The first-order valence-electron chi connectivity index (χ1n) is 10.5. The number of aromatic nitrogens is 4. The van der Waals surface area contributed by atoms with E-state index in [1.54, 1.807) is 25.3 Å². The quantitative estimate of drug-likeness (QED) is 0.310. The highest BCUT2D eigenvalue weighted by Crippen LogP contribution is 2.30. The Morgan fingerprint density at radius 2 is 1.88 bits per heavy atom. The Balaban J connectivity index is 1.45. The number of carbonyl (C=O) groups excluding carboxylic acids is 1. The largest absolute Gasteiger partial charge is 0.495 e. The Hall–Kier alpha value is -3.62. The van der Waals surface area contributed by atoms with E-state index >= 15 is 0 Å². The van der Waals surface area contributed by atoms with Gasteiger partial charge < -0.3 is 10.1 Å². The van der Waals surface area contributed by atoms with Gasteiger partial charge in [-0.15, -0.1) is 10.2 Å². The number of halogens is 1. The summed E-state index contributed by atoms with van der Waals surface area (Å²) in [6.07, 6.45) is 0. The van der Waals surface area contributed by atoms with E-state index in [4.69, 9.17) is 21.3 Å². The summed E-state index contributed by atoms with van der Waals surface area (Å²) in [5.41, 5.74) is 5.04. The number of nitrogens with one attached hydrogen (secondary N) is 1. The lowest BCUT2D eigenvalue weighted by Gasteiger charge is -2.10. The summed E-state index contributed by atoms with van der Waals surface area (Å²) in [5, 5.41) is 12.8. The summed E-state index contributed by atoms with van der Waals surface area (Å²) in [6, 6.07) is 21.1. The number of aryl methyl sites for hydroxylation is 1. The predicted octanol–water partition coefficient (Wildman–Crippen LogP) is 5.65. The Kier molecular flexibility index (Phi) is 6.08. The zero-order valence-electron chi connectivity index (χ0n) is 18.4. The summed E-state index contributed by atoms with van der Waals surface area (Å²) in [6.45, 7) is 2.05. The van der Waals surface area contributed by atoms with Gasteiger partial charge in [-0.25, -0.2) is 4.98 Å². The number of hydrogen-bond donors (Lipinski definition) is 1. The lowest BCUT2D eigenvalue weighted by atomic mass is 10.1. The maximum absolute atomic E-state index is 12.6. The van der Waals surface area contributed by atoms with Gasteiger partial charge in [0.05, 0.1) is 28.9 Å². The smallest absolute Gasteiger partial charge is 0.234 e. The van der Waals surface area contributed by atoms with Crippen LogP contribution in [0.25, 0.3) is 28.1 Å². The van der Waals surface area contributed by atoms with Crippen LogP contribution in [0.1, 0.15) is 5.56 Å². The molecule has 1 N–H and O–H groups in total. The summed E-state index contributed by atoms with van der Waals surface area (Å²) in [4.78, 5) is 17.4. The van der Waals surface area contributed by atoms with Crippen molar-refractivity contribution in [3.63, 3.8) is 0 Å². The average Bonchev–Trinajstić information content (AvgIpc) is 3.29. The van der Waals surface area contributed by atoms with Crippen molar-refractivity contribution in [2.45, 2.75) is 11.9 Å². The number of ether oxygens (including phenoxy) is 1. The van der Waals surface area contributed by atoms with Crippen molar-refractivity contribution in [1.29, 1.82) is 0 Å². The summed E-state index contributed by atoms with van der Waals surface area (Å²) in [7, 11) is 1.54. The van der Waals surface area contributed by atoms with Crippen LogP contribution in [-0.4, -0.2) is 38.4 Å². The van der Waals surface area contributed by atoms with Crippen molar-refractivity contribution in [2.24, 2.45) is 0 Å². The van der Waals surface area contributed by atoms with Crippen molar-refractivity contribution in [1.82, 2.24) is 19.6 Å². The molecule has 2 aromatic heterocycles. The Morgan fingerprint density at radius 1 is 1.09 bits per heavy atom. The average molecular weight is 490 g/mol. The van der Waals surface area contributed by atoms with Crippen LogP contribution in [0, 0.1) is 6.92 Å². The number of carbonyl (C=O) groups is 1. The first kappa shape index (κ1) is 22.2. The van der Waals surface area contributed by atoms with E-state index in [-0.39, 0.29) is 11.7 Å². The van der Waals surface area contributed by atoms with Gasteiger partial charge in [0, 0.05) is 11.3 Å². The highest BCUT2D eigenvalue weighted by Gasteiger charge is 2.17. The second kappa shape index (κ2) is 9.32. The fourth-order valence-corrected chi connectivity index (χ4v) is 4.64. The number of rotatable bonds is 6. The van der Waals surface area contributed by atoms with Crippen LogP contribution in [0.2, 0.25) is 5.02 Å². The Labute approximate surface area is 205 Å². The molecule has 34 heavy (non-hydrogen) atoms. The van der Waals surface area contributed by atoms with E-state index in [0.717, 1.165) is 22.4 Å². The van der Waals surface area contributed by atoms with Gasteiger partial charge in [0.25, 0.3) is 0 Å². The molecular weight excluding hydrogens is 470 g/mol. The van der Waals surface area contributed by atoms with Crippen LogP contribution >= 0.6 is 23.4 Å². The van der Waals surface area contributed by atoms with Crippen LogP contribution in [-0.2, 0) is 4.79 Å². The molecule has 0 aliphatic rings. The molecule has 9 heteroatoms. The van der Waals surface area contributed by atoms with Gasteiger partial charge >= 0.3 is 0 Å². The molecule has 1 amide bonds. The molecule has 7 nitrogen and oxygen atoms in total. The summed E-state index contributed by atoms with van der Waals surface area (Å²) in [5.74, 6) is 1.25. The van der Waals surface area contributed by atoms with Crippen molar-refractivity contribution in [3.05, 3.63) is 77.3 Å². The van der Waals surface area contributed by atoms with Gasteiger partial charge in [-0.3, -0.25) is 9.20 Å². The number of fused-ring (bicyclic) bond motifs is 3. The van der Waals surface area contributed by atoms with Crippen LogP contribution in [0.3, 0.4) is 0 Å². The van der Waals surface area contributed by atoms with Crippen LogP contribution < -0.4 is 10.1 Å². The molecule has 0 bridgehead atoms. The van der Waals surface area contributed by atoms with E-state index < -0.39 is 0 Å². The molecular formula is C25H20ClN5O2S. The van der Waals surface area contributed by atoms with Gasteiger partial charge in [-0.2, -0.15) is 0 Å². The van der Waals surface area contributed by atoms with Crippen molar-refractivity contribution >= 4 is 51.6 Å². The molecule has 170 valence electrons. The third-order valence-electron chi connectivity index (χ3n) is 5.28. The SMILES string of the molecule is COc1ccc(NC(=O)CSc2nc3ccccc3n3c(-c4ccc(C)cc4)nnc23)cc1Cl. The molecule has 5 rings (SSSR count). The first-order valence-corrected chi connectivity index (χ1v) is 11.9. The molecule has 2 heterocycles. The number of methoxy groups -OCH3 is 1. The maximum Gasteiger partial charge on any atom is 0.234 e. The number of benzene rings is 3. The minimum absolute atomic E-state index is 0.150. The van der Waals surface area contributed by atoms with Gasteiger partial charge in [-0.05, 0) is 37.3 Å². The third-order valence-corrected chi connectivity index (χ3v) is 6.53. The van der Waals surface area contributed by atoms with Crippen LogP contribution in [0.4, 0.5) is 5.69 Å². The number of thioether (sulfide) groups is 1. The van der Waals surface area contributed by atoms with E-state index in [9.17, 15) is 4.79 Å². The highest BCUT2D eigenvalue weighted by molar-refractivity contribution is 8.00. The number of hydrogen-bond acceptors (Lipinski definition) is 6. The minimum Gasteiger partial charge on any atom is -0.495 e. The van der Waals surface area contributed by atoms with Gasteiger partial charge in [0.1, 0.15) is 10.8 Å². The number of anilines is 1. The molecule has 0 spiro atoms. The van der Waals surface area contributed by atoms with Crippen molar-refractivity contribution < 1.29 is 9.53 Å². The zero-order valence-corrected chi connectivity index (χ0v) is 20.0. The monoisotopic (exact) mass is 489 g/mol. The number of para-hydroxylation sites is 2. The Morgan fingerprint density at radius 3 is 2.65 bits per heavy atom. The number of nitrogens with zero attached hydrogens (tertiary/aromatic N) is 4. The van der Waals surface area contributed by atoms with Crippen molar-refractivity contribution in [3.8, 4) is 17.1 Å². The summed E-state index contributed by atoms with van der Waals surface area (Å²) < 4.78 is 7.15. The highest BCUT2D eigenvalue weighted by atomic mass is 35.5. The number of amides is 1. The molecule has 0 saturated carbocycles. The van der Waals surface area contributed by atoms with E-state index in [1.165, 1.54) is 17.3 Å². The molecule has 0 atom stereocenters. The maximum atomic E-state index is 12.6. The topological polar surface area (TPSA) is 81.4 Å². The van der Waals surface area contributed by atoms with Crippen LogP contribution in [0.15, 0.2) is 71.8 Å². The summed E-state index contributed by atoms with van der Waals surface area (Å²) >= 11 is 7.47. The molecule has 0 fully saturated rings.